The van der Waals surface area contributed by atoms with Crippen molar-refractivity contribution >= 4 is 23.3 Å². The molecule has 1 saturated carbocycles. The molecule has 1 heterocycles. The summed E-state index contributed by atoms with van der Waals surface area (Å²) in [5, 5.41) is 11.3. The maximum absolute atomic E-state index is 14.6. The molecule has 1 atom stereocenters. The molecule has 1 spiro atoms. The van der Waals surface area contributed by atoms with Gasteiger partial charge in [-0.05, 0) is 75.3 Å². The molecule has 3 aliphatic rings. The van der Waals surface area contributed by atoms with E-state index in [4.69, 9.17) is 10.3 Å². The summed E-state index contributed by atoms with van der Waals surface area (Å²) in [7, 11) is 0. The predicted molar refractivity (Wildman–Crippen MR) is 170 cm³/mol. The molecule has 1 aromatic carbocycles. The number of amides is 2. The zero-order valence-electron chi connectivity index (χ0n) is 26.6. The molecule has 45 heavy (non-hydrogen) atoms. The molecule has 4 rings (SSSR count). The Kier molecular flexibility index (Phi) is 10.9. The first-order valence-corrected chi connectivity index (χ1v) is 16.1. The summed E-state index contributed by atoms with van der Waals surface area (Å²) in [6.45, 7) is 9.94. The van der Waals surface area contributed by atoms with E-state index in [0.717, 1.165) is 44.1 Å². The van der Waals surface area contributed by atoms with E-state index in [1.165, 1.54) is 12.1 Å². The first-order chi connectivity index (χ1) is 21.4. The van der Waals surface area contributed by atoms with Gasteiger partial charge in [0, 0.05) is 35.7 Å². The van der Waals surface area contributed by atoms with E-state index in [2.05, 4.69) is 32.7 Å². The van der Waals surface area contributed by atoms with E-state index < -0.39 is 17.4 Å². The summed E-state index contributed by atoms with van der Waals surface area (Å²) in [6.07, 6.45) is 11.1. The van der Waals surface area contributed by atoms with Crippen molar-refractivity contribution in [1.82, 2.24) is 10.2 Å². The molecule has 1 unspecified atom stereocenters. The van der Waals surface area contributed by atoms with Crippen molar-refractivity contribution in [3.05, 3.63) is 71.3 Å². The largest absolute Gasteiger partial charge is 0.352 e. The third-order valence-corrected chi connectivity index (χ3v) is 9.52. The molecule has 1 aliphatic heterocycles. The molecular weight excluding hydrogens is 574 g/mol. The molecule has 1 aromatic rings. The average Bonchev–Trinajstić information content (AvgIpc) is 3.31. The molecule has 0 saturated heterocycles. The third-order valence-electron chi connectivity index (χ3n) is 9.52. The Labute approximate surface area is 265 Å². The van der Waals surface area contributed by atoms with Gasteiger partial charge >= 0.3 is 0 Å². The van der Waals surface area contributed by atoms with Gasteiger partial charge in [0.05, 0.1) is 0 Å². The number of carbonyl (C=O) groups is 3. The number of aliphatic imine (C=N–C) groups is 1. The van der Waals surface area contributed by atoms with Gasteiger partial charge in [-0.3, -0.25) is 19.4 Å². The van der Waals surface area contributed by atoms with Crippen LogP contribution in [0.15, 0.2) is 65.2 Å². The van der Waals surface area contributed by atoms with Crippen LogP contribution in [0.25, 0.3) is 0 Å². The minimum atomic E-state index is -3.22. The highest BCUT2D eigenvalue weighted by molar-refractivity contribution is 6.46. The number of hydrogen-bond donors (Lipinski definition) is 1. The van der Waals surface area contributed by atoms with Crippen molar-refractivity contribution in [1.29, 1.82) is 5.26 Å². The molecule has 0 radical (unpaired) electrons. The molecule has 7 nitrogen and oxygen atoms in total. The molecule has 2 amide bonds. The molecule has 0 aromatic heterocycles. The lowest BCUT2D eigenvalue weighted by molar-refractivity contribution is -0.133. The summed E-state index contributed by atoms with van der Waals surface area (Å²) in [6, 6.07) is 7.34. The van der Waals surface area contributed by atoms with Gasteiger partial charge in [0.15, 0.2) is 0 Å². The number of hydrogen-bond acceptors (Lipinski definition) is 5. The number of benzene rings is 1. The molecular formula is C36H44F2N4O3. The van der Waals surface area contributed by atoms with E-state index in [0.29, 0.717) is 48.3 Å². The van der Waals surface area contributed by atoms with E-state index >= 15 is 0 Å². The van der Waals surface area contributed by atoms with Crippen molar-refractivity contribution < 1.29 is 23.2 Å². The second kappa shape index (κ2) is 14.4. The Morgan fingerprint density at radius 3 is 2.58 bits per heavy atom. The normalized spacial score (nSPS) is 22.4. The van der Waals surface area contributed by atoms with Crippen LogP contribution >= 0.6 is 0 Å². The molecule has 2 aliphatic carbocycles. The summed E-state index contributed by atoms with van der Waals surface area (Å²) in [5.41, 5.74) is 1.44. The third kappa shape index (κ3) is 7.66. The van der Waals surface area contributed by atoms with Crippen LogP contribution in [-0.2, 0) is 20.3 Å². The number of nitriles is 1. The van der Waals surface area contributed by atoms with Gasteiger partial charge in [-0.2, -0.15) is 14.0 Å². The van der Waals surface area contributed by atoms with Crippen LogP contribution in [0, 0.1) is 23.2 Å². The van der Waals surface area contributed by atoms with Gasteiger partial charge in [0.1, 0.15) is 17.4 Å². The monoisotopic (exact) mass is 618 g/mol. The number of allylic oxidation sites excluding steroid dienone is 3. The van der Waals surface area contributed by atoms with E-state index in [1.807, 2.05) is 11.0 Å². The summed E-state index contributed by atoms with van der Waals surface area (Å²) in [5.74, 6) is -3.19. The highest BCUT2D eigenvalue weighted by atomic mass is 19.3. The second-order valence-corrected chi connectivity index (χ2v) is 12.8. The van der Waals surface area contributed by atoms with Crippen molar-refractivity contribution in [2.45, 2.75) is 103 Å². The molecule has 240 valence electrons. The van der Waals surface area contributed by atoms with Crippen LogP contribution in [0.4, 0.5) is 8.78 Å². The Morgan fingerprint density at radius 2 is 1.98 bits per heavy atom. The molecule has 1 fully saturated rings. The maximum Gasteiger partial charge on any atom is 0.291 e. The SMILES string of the molecule is C=CC(F)(F)c1cccc(C2=NC3(CCC(C(C)C)CC3)N(C(CCC)CC3=CC=C(C(=O)NCCC(=O)C#N)CC3)C2=O)c1. The van der Waals surface area contributed by atoms with E-state index in [-0.39, 0.29) is 42.1 Å². The van der Waals surface area contributed by atoms with Crippen LogP contribution in [-0.4, -0.2) is 46.5 Å². The minimum Gasteiger partial charge on any atom is -0.352 e. The summed E-state index contributed by atoms with van der Waals surface area (Å²) in [4.78, 5) is 45.3. The average molecular weight is 619 g/mol. The first-order valence-electron chi connectivity index (χ1n) is 16.1. The Hall–Kier alpha value is -3.93. The fraction of sp³-hybridized carbons (Fsp3) is 0.528. The van der Waals surface area contributed by atoms with Gasteiger partial charge in [-0.1, -0.05) is 69.7 Å². The highest BCUT2D eigenvalue weighted by Crippen LogP contribution is 2.46. The van der Waals surface area contributed by atoms with Crippen LogP contribution in [0.3, 0.4) is 0 Å². The number of ketones is 1. The lowest BCUT2D eigenvalue weighted by Crippen LogP contribution is -2.54. The van der Waals surface area contributed by atoms with Crippen molar-refractivity contribution in [3.63, 3.8) is 0 Å². The lowest BCUT2D eigenvalue weighted by atomic mass is 9.76. The summed E-state index contributed by atoms with van der Waals surface area (Å²) < 4.78 is 29.1. The zero-order valence-corrected chi connectivity index (χ0v) is 26.6. The van der Waals surface area contributed by atoms with Gasteiger partial charge in [-0.15, -0.1) is 0 Å². The zero-order chi connectivity index (χ0) is 32.8. The van der Waals surface area contributed by atoms with Gasteiger partial charge in [0.25, 0.3) is 11.8 Å². The Balaban J connectivity index is 1.61. The smallest absolute Gasteiger partial charge is 0.291 e. The number of nitrogens with one attached hydrogen (secondary N) is 1. The van der Waals surface area contributed by atoms with Crippen LogP contribution in [0.2, 0.25) is 0 Å². The molecule has 1 N–H and O–H groups in total. The molecule has 0 bridgehead atoms. The topological polar surface area (TPSA) is 103 Å². The number of Topliss-reactive ketones (excluding diaryl/α,β-unsaturated/α-hetero) is 1. The van der Waals surface area contributed by atoms with E-state index in [9.17, 15) is 23.2 Å². The summed E-state index contributed by atoms with van der Waals surface area (Å²) >= 11 is 0. The highest BCUT2D eigenvalue weighted by Gasteiger charge is 2.51. The Morgan fingerprint density at radius 1 is 1.24 bits per heavy atom. The number of nitrogens with zero attached hydrogens (tertiary/aromatic N) is 3. The number of rotatable bonds is 13. The first kappa shape index (κ1) is 34.0. The maximum atomic E-state index is 14.6. The van der Waals surface area contributed by atoms with E-state index in [1.54, 1.807) is 24.3 Å². The van der Waals surface area contributed by atoms with Crippen LogP contribution in [0.5, 0.6) is 0 Å². The Bertz CT molecular complexity index is 1440. The van der Waals surface area contributed by atoms with Crippen LogP contribution < -0.4 is 5.32 Å². The minimum absolute atomic E-state index is 0.0239. The van der Waals surface area contributed by atoms with Crippen molar-refractivity contribution in [2.24, 2.45) is 16.8 Å². The fourth-order valence-electron chi connectivity index (χ4n) is 6.88. The number of alkyl halides is 2. The van der Waals surface area contributed by atoms with Gasteiger partial charge in [-0.25, -0.2) is 0 Å². The van der Waals surface area contributed by atoms with Crippen LogP contribution in [0.1, 0.15) is 96.1 Å². The number of halogens is 2. The van der Waals surface area contributed by atoms with Gasteiger partial charge in [0.2, 0.25) is 11.7 Å². The second-order valence-electron chi connectivity index (χ2n) is 12.8. The van der Waals surface area contributed by atoms with Crippen molar-refractivity contribution in [3.8, 4) is 6.07 Å². The predicted octanol–water partition coefficient (Wildman–Crippen LogP) is 6.94. The standard InChI is InChI=1S/C36H44F2N4O3/c1-5-8-30(21-25-11-13-27(14-12-25)33(44)40-20-17-31(43)23-39)42-34(45)32(28-9-7-10-29(22-28)36(37,38)6-2)41-35(42)18-15-26(16-19-35)24(3)4/h6-7,9-11,13,22,24,26,30H,2,5,8,12,14-21H2,1,3-4H3,(H,40,44). The van der Waals surface area contributed by atoms with Gasteiger partial charge < -0.3 is 10.2 Å². The van der Waals surface area contributed by atoms with Crippen molar-refractivity contribution in [2.75, 3.05) is 6.54 Å². The number of carbonyl (C=O) groups excluding carboxylic acids is 3. The fourth-order valence-corrected chi connectivity index (χ4v) is 6.88. The molecule has 9 heteroatoms. The quantitative estimate of drug-likeness (QED) is 0.191. The lowest BCUT2D eigenvalue weighted by Gasteiger charge is -2.46.